The molecule has 1 aliphatic carbocycles. The van der Waals surface area contributed by atoms with E-state index >= 15 is 0 Å². The molecule has 0 bridgehead atoms. The van der Waals surface area contributed by atoms with Gasteiger partial charge in [0.05, 0.1) is 5.70 Å². The monoisotopic (exact) mass is 277 g/mol. The second-order valence-corrected chi connectivity index (χ2v) is 5.08. The lowest BCUT2D eigenvalue weighted by molar-refractivity contribution is -0.122. The van der Waals surface area contributed by atoms with E-state index in [4.69, 9.17) is 0 Å². The standard InChI is InChI=1S/C16H23NO3/c1-2-3-4-5-6-7-8-9-16(20)17-14-12-13(18)10-11-15(14)19/h10-12H,2-9H2,1H3,(H,17,20). The summed E-state index contributed by atoms with van der Waals surface area (Å²) >= 11 is 0. The molecule has 0 spiro atoms. The zero-order valence-electron chi connectivity index (χ0n) is 12.1. The van der Waals surface area contributed by atoms with Crippen molar-refractivity contribution in [1.29, 1.82) is 0 Å². The quantitative estimate of drug-likeness (QED) is 0.520. The first-order valence-electron chi connectivity index (χ1n) is 7.41. The number of nitrogens with one attached hydrogen (secondary N) is 1. The van der Waals surface area contributed by atoms with E-state index in [-0.39, 0.29) is 23.2 Å². The van der Waals surface area contributed by atoms with Crippen molar-refractivity contribution in [3.8, 4) is 0 Å². The smallest absolute Gasteiger partial charge is 0.224 e. The lowest BCUT2D eigenvalue weighted by atomic mass is 10.1. The zero-order chi connectivity index (χ0) is 14.8. The first-order valence-corrected chi connectivity index (χ1v) is 7.41. The maximum absolute atomic E-state index is 11.7. The molecule has 1 rings (SSSR count). The molecule has 4 heteroatoms. The lowest BCUT2D eigenvalue weighted by Gasteiger charge is -2.08. The van der Waals surface area contributed by atoms with Gasteiger partial charge in [0.1, 0.15) is 0 Å². The topological polar surface area (TPSA) is 63.2 Å². The molecule has 110 valence electrons. The van der Waals surface area contributed by atoms with Crippen LogP contribution in [0.2, 0.25) is 0 Å². The third-order valence-corrected chi connectivity index (χ3v) is 3.23. The van der Waals surface area contributed by atoms with Gasteiger partial charge in [-0.3, -0.25) is 14.4 Å². The van der Waals surface area contributed by atoms with Crippen LogP contribution in [0.3, 0.4) is 0 Å². The molecule has 0 unspecified atom stereocenters. The van der Waals surface area contributed by atoms with Crippen LogP contribution in [0, 0.1) is 0 Å². The first-order chi connectivity index (χ1) is 9.63. The van der Waals surface area contributed by atoms with Gasteiger partial charge in [0.2, 0.25) is 11.7 Å². The fraction of sp³-hybridized carbons (Fsp3) is 0.562. The van der Waals surface area contributed by atoms with Crippen molar-refractivity contribution in [2.75, 3.05) is 0 Å². The number of hydrogen-bond donors (Lipinski definition) is 1. The molecule has 0 saturated carbocycles. The molecule has 4 nitrogen and oxygen atoms in total. The average molecular weight is 277 g/mol. The van der Waals surface area contributed by atoms with Crippen LogP contribution in [0.15, 0.2) is 23.9 Å². The van der Waals surface area contributed by atoms with E-state index in [0.717, 1.165) is 19.3 Å². The van der Waals surface area contributed by atoms with E-state index in [9.17, 15) is 14.4 Å². The van der Waals surface area contributed by atoms with E-state index in [0.29, 0.717) is 6.42 Å². The summed E-state index contributed by atoms with van der Waals surface area (Å²) in [6.45, 7) is 2.19. The van der Waals surface area contributed by atoms with Crippen molar-refractivity contribution in [2.24, 2.45) is 0 Å². The third kappa shape index (κ3) is 6.45. The maximum Gasteiger partial charge on any atom is 0.224 e. The fourth-order valence-corrected chi connectivity index (χ4v) is 2.06. The maximum atomic E-state index is 11.7. The molecular weight excluding hydrogens is 254 g/mol. The predicted octanol–water partition coefficient (Wildman–Crippen LogP) is 2.84. The van der Waals surface area contributed by atoms with Crippen molar-refractivity contribution in [2.45, 2.75) is 58.3 Å². The molecule has 20 heavy (non-hydrogen) atoms. The molecule has 0 aromatic heterocycles. The number of carbonyl (C=O) groups is 3. The highest BCUT2D eigenvalue weighted by Gasteiger charge is 2.15. The van der Waals surface area contributed by atoms with Gasteiger partial charge in [-0.05, 0) is 18.6 Å². The zero-order valence-corrected chi connectivity index (χ0v) is 12.1. The van der Waals surface area contributed by atoms with Gasteiger partial charge in [-0.15, -0.1) is 0 Å². The molecular formula is C16H23NO3. The fourth-order valence-electron chi connectivity index (χ4n) is 2.06. The summed E-state index contributed by atoms with van der Waals surface area (Å²) in [5, 5.41) is 2.51. The molecule has 0 saturated heterocycles. The van der Waals surface area contributed by atoms with E-state index in [1.54, 1.807) is 0 Å². The summed E-state index contributed by atoms with van der Waals surface area (Å²) in [6, 6.07) is 0. The molecule has 0 radical (unpaired) electrons. The number of amides is 1. The second-order valence-electron chi connectivity index (χ2n) is 5.08. The minimum absolute atomic E-state index is 0.0884. The van der Waals surface area contributed by atoms with Crippen molar-refractivity contribution < 1.29 is 14.4 Å². The summed E-state index contributed by atoms with van der Waals surface area (Å²) in [7, 11) is 0. The van der Waals surface area contributed by atoms with Gasteiger partial charge in [0, 0.05) is 12.5 Å². The van der Waals surface area contributed by atoms with E-state index in [1.807, 2.05) is 0 Å². The van der Waals surface area contributed by atoms with Gasteiger partial charge in [0.15, 0.2) is 5.78 Å². The highest BCUT2D eigenvalue weighted by Crippen LogP contribution is 2.09. The average Bonchev–Trinajstić information content (AvgIpc) is 2.42. The van der Waals surface area contributed by atoms with Gasteiger partial charge in [-0.1, -0.05) is 45.4 Å². The molecule has 1 aliphatic rings. The Labute approximate surface area is 120 Å². The molecule has 0 aromatic rings. The number of ketones is 2. The van der Waals surface area contributed by atoms with E-state index in [1.165, 1.54) is 43.9 Å². The summed E-state index contributed by atoms with van der Waals surface area (Å²) in [5.41, 5.74) is 0.0884. The summed E-state index contributed by atoms with van der Waals surface area (Å²) in [5.74, 6) is -0.783. The second kappa shape index (κ2) is 9.23. The summed E-state index contributed by atoms with van der Waals surface area (Å²) in [4.78, 5) is 34.2. The number of carbonyl (C=O) groups excluding carboxylic acids is 3. The number of allylic oxidation sites excluding steroid dienone is 3. The predicted molar refractivity (Wildman–Crippen MR) is 78.0 cm³/mol. The Morgan fingerprint density at radius 2 is 1.65 bits per heavy atom. The SMILES string of the molecule is CCCCCCCCCC(=O)NC1=CC(=O)C=CC1=O. The molecule has 0 fully saturated rings. The number of rotatable bonds is 9. The Hall–Kier alpha value is -1.71. The largest absolute Gasteiger partial charge is 0.323 e. The van der Waals surface area contributed by atoms with Crippen LogP contribution in [0.1, 0.15) is 58.3 Å². The van der Waals surface area contributed by atoms with Crippen LogP contribution in [-0.4, -0.2) is 17.5 Å². The molecule has 0 aliphatic heterocycles. The van der Waals surface area contributed by atoms with Gasteiger partial charge < -0.3 is 5.32 Å². The Balaban J connectivity index is 2.14. The van der Waals surface area contributed by atoms with Crippen LogP contribution in [0.25, 0.3) is 0 Å². The normalized spacial score (nSPS) is 14.3. The van der Waals surface area contributed by atoms with E-state index in [2.05, 4.69) is 12.2 Å². The Kier molecular flexibility index (Phi) is 7.55. The van der Waals surface area contributed by atoms with Gasteiger partial charge in [0.25, 0.3) is 0 Å². The van der Waals surface area contributed by atoms with Crippen LogP contribution >= 0.6 is 0 Å². The van der Waals surface area contributed by atoms with E-state index < -0.39 is 0 Å². The van der Waals surface area contributed by atoms with Crippen LogP contribution in [0.5, 0.6) is 0 Å². The Morgan fingerprint density at radius 1 is 1.00 bits per heavy atom. The van der Waals surface area contributed by atoms with Crippen molar-refractivity contribution >= 4 is 17.5 Å². The van der Waals surface area contributed by atoms with Crippen molar-refractivity contribution in [3.63, 3.8) is 0 Å². The highest BCUT2D eigenvalue weighted by molar-refractivity contribution is 6.18. The minimum atomic E-state index is -0.322. The third-order valence-electron chi connectivity index (χ3n) is 3.23. The van der Waals surface area contributed by atoms with Crippen LogP contribution < -0.4 is 5.32 Å². The van der Waals surface area contributed by atoms with Gasteiger partial charge in [-0.25, -0.2) is 0 Å². The van der Waals surface area contributed by atoms with Crippen LogP contribution in [0.4, 0.5) is 0 Å². The molecule has 0 atom stereocenters. The van der Waals surface area contributed by atoms with Crippen LogP contribution in [-0.2, 0) is 14.4 Å². The Bertz CT molecular complexity index is 421. The van der Waals surface area contributed by atoms with Gasteiger partial charge >= 0.3 is 0 Å². The van der Waals surface area contributed by atoms with Crippen molar-refractivity contribution in [3.05, 3.63) is 23.9 Å². The molecule has 1 amide bonds. The van der Waals surface area contributed by atoms with Crippen molar-refractivity contribution in [1.82, 2.24) is 5.32 Å². The molecule has 0 heterocycles. The van der Waals surface area contributed by atoms with Gasteiger partial charge in [-0.2, -0.15) is 0 Å². The number of hydrogen-bond acceptors (Lipinski definition) is 3. The molecule has 0 aromatic carbocycles. The molecule has 1 N–H and O–H groups in total. The number of unbranched alkanes of at least 4 members (excludes halogenated alkanes) is 6. The highest BCUT2D eigenvalue weighted by atomic mass is 16.2. The summed E-state index contributed by atoms with van der Waals surface area (Å²) in [6.07, 6.45) is 12.0. The Morgan fingerprint density at radius 3 is 2.35 bits per heavy atom. The summed E-state index contributed by atoms with van der Waals surface area (Å²) < 4.78 is 0. The minimum Gasteiger partial charge on any atom is -0.323 e. The first kappa shape index (κ1) is 16.3. The lowest BCUT2D eigenvalue weighted by Crippen LogP contribution is -2.28.